The Kier molecular flexibility index (Phi) is 6.15. The van der Waals surface area contributed by atoms with Gasteiger partial charge in [-0.05, 0) is 30.7 Å². The molecule has 11 heteroatoms. The first kappa shape index (κ1) is 22.8. The molecule has 0 saturated carbocycles. The van der Waals surface area contributed by atoms with Crippen molar-refractivity contribution in [3.63, 3.8) is 0 Å². The summed E-state index contributed by atoms with van der Waals surface area (Å²) in [5.41, 5.74) is 7.02. The van der Waals surface area contributed by atoms with E-state index >= 15 is 0 Å². The zero-order valence-electron chi connectivity index (χ0n) is 18.2. The summed E-state index contributed by atoms with van der Waals surface area (Å²) in [7, 11) is 3.60. The topological polar surface area (TPSA) is 85.8 Å². The van der Waals surface area contributed by atoms with Crippen LogP contribution in [0.4, 0.5) is 25.1 Å². The predicted octanol–water partition coefficient (Wildman–Crippen LogP) is 4.79. The summed E-state index contributed by atoms with van der Waals surface area (Å²) in [4.78, 5) is 19.1. The second kappa shape index (κ2) is 8.89. The molecule has 0 aliphatic carbocycles. The molecule has 0 radical (unpaired) electrons. The van der Waals surface area contributed by atoms with Crippen molar-refractivity contribution in [1.82, 2.24) is 24.5 Å². The zero-order chi connectivity index (χ0) is 23.8. The lowest BCUT2D eigenvalue weighted by Gasteiger charge is -2.15. The second-order valence-electron chi connectivity index (χ2n) is 7.67. The number of alkyl halides is 3. The number of hydrogen-bond donors (Lipinski definition) is 1. The maximum absolute atomic E-state index is 13.3. The summed E-state index contributed by atoms with van der Waals surface area (Å²) >= 11 is 1.35. The third kappa shape index (κ3) is 5.03. The van der Waals surface area contributed by atoms with Crippen molar-refractivity contribution in [1.29, 1.82) is 0 Å². The lowest BCUT2D eigenvalue weighted by Crippen LogP contribution is -2.16. The van der Waals surface area contributed by atoms with Gasteiger partial charge in [0.25, 0.3) is 0 Å². The highest BCUT2D eigenvalue weighted by molar-refractivity contribution is 7.99. The number of nitrogen functional groups attached to an aromatic ring is 1. The van der Waals surface area contributed by atoms with Gasteiger partial charge >= 0.3 is 6.18 Å². The van der Waals surface area contributed by atoms with E-state index in [0.717, 1.165) is 17.7 Å². The first-order valence-corrected chi connectivity index (χ1v) is 11.0. The summed E-state index contributed by atoms with van der Waals surface area (Å²) in [5.74, 6) is 0.992. The number of rotatable bonds is 6. The van der Waals surface area contributed by atoms with E-state index in [1.165, 1.54) is 17.8 Å². The standard InChI is InChI=1S/C22H22F3N7S/c1-13(18-28-19(26)30-20(29-18)31(2)3)33-21-27-16-11-15(22(23,24)25)9-10-17(16)32(21)12-14-7-5-4-6-8-14/h4-11,13H,12H2,1-3H3,(H2,26,28,29,30). The number of nitrogens with two attached hydrogens (primary N) is 1. The molecule has 1 unspecified atom stereocenters. The van der Waals surface area contributed by atoms with Crippen LogP contribution in [-0.2, 0) is 12.7 Å². The van der Waals surface area contributed by atoms with Crippen molar-refractivity contribution in [2.24, 2.45) is 0 Å². The third-order valence-electron chi connectivity index (χ3n) is 4.93. The van der Waals surface area contributed by atoms with Gasteiger partial charge in [0, 0.05) is 14.1 Å². The van der Waals surface area contributed by atoms with Crippen molar-refractivity contribution in [3.8, 4) is 0 Å². The molecule has 0 aliphatic heterocycles. The van der Waals surface area contributed by atoms with Crippen LogP contribution in [0, 0.1) is 0 Å². The minimum absolute atomic E-state index is 0.101. The molecule has 2 N–H and O–H groups in total. The number of anilines is 2. The van der Waals surface area contributed by atoms with Gasteiger partial charge in [0.1, 0.15) is 5.82 Å². The summed E-state index contributed by atoms with van der Waals surface area (Å²) in [6.07, 6.45) is -4.44. The summed E-state index contributed by atoms with van der Waals surface area (Å²) < 4.78 is 41.7. The molecule has 0 saturated heterocycles. The molecule has 0 amide bonds. The number of aromatic nitrogens is 5. The van der Waals surface area contributed by atoms with Crippen molar-refractivity contribution in [2.45, 2.75) is 30.1 Å². The Morgan fingerprint density at radius 2 is 1.76 bits per heavy atom. The molecule has 4 aromatic rings. The number of fused-ring (bicyclic) bond motifs is 1. The Morgan fingerprint density at radius 3 is 2.42 bits per heavy atom. The quantitative estimate of drug-likeness (QED) is 0.403. The Morgan fingerprint density at radius 1 is 1.03 bits per heavy atom. The molecular weight excluding hydrogens is 451 g/mol. The highest BCUT2D eigenvalue weighted by atomic mass is 32.2. The van der Waals surface area contributed by atoms with Gasteiger partial charge in [-0.25, -0.2) is 4.98 Å². The molecule has 4 rings (SSSR count). The van der Waals surface area contributed by atoms with Crippen LogP contribution in [0.25, 0.3) is 11.0 Å². The van der Waals surface area contributed by atoms with Gasteiger partial charge in [-0.1, -0.05) is 42.1 Å². The first-order chi connectivity index (χ1) is 15.6. The van der Waals surface area contributed by atoms with Crippen LogP contribution in [0.5, 0.6) is 0 Å². The predicted molar refractivity (Wildman–Crippen MR) is 123 cm³/mol. The highest BCUT2D eigenvalue weighted by Crippen LogP contribution is 2.37. The molecule has 7 nitrogen and oxygen atoms in total. The van der Waals surface area contributed by atoms with Crippen LogP contribution < -0.4 is 10.6 Å². The van der Waals surface area contributed by atoms with E-state index in [-0.39, 0.29) is 16.7 Å². The first-order valence-electron chi connectivity index (χ1n) is 10.1. The van der Waals surface area contributed by atoms with E-state index in [1.54, 1.807) is 19.0 Å². The minimum Gasteiger partial charge on any atom is -0.368 e. The van der Waals surface area contributed by atoms with Crippen LogP contribution in [0.3, 0.4) is 0 Å². The summed E-state index contributed by atoms with van der Waals surface area (Å²) in [5, 5.41) is 0.286. The molecule has 2 aromatic heterocycles. The fraction of sp³-hybridized carbons (Fsp3) is 0.273. The third-order valence-corrected chi connectivity index (χ3v) is 6.01. The van der Waals surface area contributed by atoms with Crippen molar-refractivity contribution >= 4 is 34.7 Å². The van der Waals surface area contributed by atoms with E-state index in [4.69, 9.17) is 5.73 Å². The number of imidazole rings is 1. The van der Waals surface area contributed by atoms with Gasteiger partial charge in [-0.15, -0.1) is 0 Å². The molecule has 1 atom stereocenters. The van der Waals surface area contributed by atoms with E-state index in [2.05, 4.69) is 19.9 Å². The molecule has 0 aliphatic rings. The average molecular weight is 474 g/mol. The van der Waals surface area contributed by atoms with Gasteiger partial charge in [0.05, 0.1) is 28.4 Å². The number of hydrogen-bond acceptors (Lipinski definition) is 7. The van der Waals surface area contributed by atoms with Crippen molar-refractivity contribution < 1.29 is 13.2 Å². The molecule has 33 heavy (non-hydrogen) atoms. The Balaban J connectivity index is 1.76. The van der Waals surface area contributed by atoms with Gasteiger partial charge in [0.2, 0.25) is 11.9 Å². The molecule has 0 bridgehead atoms. The van der Waals surface area contributed by atoms with Crippen LogP contribution in [0.15, 0.2) is 53.7 Å². The van der Waals surface area contributed by atoms with Crippen LogP contribution in [0.1, 0.15) is 29.1 Å². The number of halogens is 3. The molecule has 172 valence electrons. The molecular formula is C22H22F3N7S. The number of thioether (sulfide) groups is 1. The molecule has 2 heterocycles. The molecule has 0 spiro atoms. The Hall–Kier alpha value is -3.34. The van der Waals surface area contributed by atoms with E-state index < -0.39 is 11.7 Å². The smallest absolute Gasteiger partial charge is 0.368 e. The second-order valence-corrected chi connectivity index (χ2v) is 8.98. The fourth-order valence-corrected chi connectivity index (χ4v) is 4.25. The number of benzene rings is 2. The maximum atomic E-state index is 13.3. The highest BCUT2D eigenvalue weighted by Gasteiger charge is 2.31. The monoisotopic (exact) mass is 473 g/mol. The largest absolute Gasteiger partial charge is 0.416 e. The SMILES string of the molecule is CC(Sc1nc2cc(C(F)(F)F)ccc2n1Cc1ccccc1)c1nc(N)nc(N(C)C)n1. The van der Waals surface area contributed by atoms with Crippen LogP contribution >= 0.6 is 11.8 Å². The summed E-state index contributed by atoms with van der Waals surface area (Å²) in [6, 6.07) is 13.3. The fourth-order valence-electron chi connectivity index (χ4n) is 3.28. The van der Waals surface area contributed by atoms with E-state index in [9.17, 15) is 13.2 Å². The maximum Gasteiger partial charge on any atom is 0.416 e. The number of nitrogens with zero attached hydrogens (tertiary/aromatic N) is 6. The van der Waals surface area contributed by atoms with E-state index in [0.29, 0.717) is 29.0 Å². The Labute approximate surface area is 192 Å². The van der Waals surface area contributed by atoms with Gasteiger partial charge in [-0.2, -0.15) is 28.1 Å². The zero-order valence-corrected chi connectivity index (χ0v) is 19.0. The minimum atomic E-state index is -4.44. The molecule has 2 aromatic carbocycles. The Bertz CT molecular complexity index is 1270. The molecule has 0 fully saturated rings. The summed E-state index contributed by atoms with van der Waals surface area (Å²) in [6.45, 7) is 2.35. The van der Waals surface area contributed by atoms with Gasteiger partial charge in [-0.3, -0.25) is 0 Å². The van der Waals surface area contributed by atoms with Crippen LogP contribution in [0.2, 0.25) is 0 Å². The van der Waals surface area contributed by atoms with Gasteiger partial charge in [0.15, 0.2) is 5.16 Å². The van der Waals surface area contributed by atoms with Crippen molar-refractivity contribution in [2.75, 3.05) is 24.7 Å². The van der Waals surface area contributed by atoms with Crippen LogP contribution in [-0.4, -0.2) is 38.6 Å². The lowest BCUT2D eigenvalue weighted by molar-refractivity contribution is -0.137. The average Bonchev–Trinajstić information content (AvgIpc) is 3.09. The van der Waals surface area contributed by atoms with Crippen molar-refractivity contribution in [3.05, 3.63) is 65.5 Å². The lowest BCUT2D eigenvalue weighted by atomic mass is 10.2. The van der Waals surface area contributed by atoms with E-state index in [1.807, 2.05) is 41.8 Å². The normalized spacial score (nSPS) is 12.8. The van der Waals surface area contributed by atoms with Gasteiger partial charge < -0.3 is 15.2 Å².